The predicted octanol–water partition coefficient (Wildman–Crippen LogP) is 3.32. The number of rotatable bonds is 5. The number of carbonyl (C=O) groups excluding carboxylic acids is 2. The van der Waals surface area contributed by atoms with Gasteiger partial charge in [0.05, 0.1) is 0 Å². The van der Waals surface area contributed by atoms with Crippen LogP contribution in [0.5, 0.6) is 0 Å². The lowest BCUT2D eigenvalue weighted by molar-refractivity contribution is -0.136. The molecule has 0 atom stereocenters. The number of aryl methyl sites for hydroxylation is 1. The van der Waals surface area contributed by atoms with Crippen LogP contribution in [0.15, 0.2) is 66.7 Å². The van der Waals surface area contributed by atoms with Crippen LogP contribution in [0, 0.1) is 6.92 Å². The van der Waals surface area contributed by atoms with Crippen molar-refractivity contribution in [3.63, 3.8) is 0 Å². The molecule has 0 bridgehead atoms. The van der Waals surface area contributed by atoms with E-state index in [-0.39, 0.29) is 0 Å². The molecule has 0 spiro atoms. The molecule has 3 aromatic carbocycles. The largest absolute Gasteiger partial charge is 0.383 e. The predicted molar refractivity (Wildman–Crippen MR) is 105 cm³/mol. The molecule has 3 N–H and O–H groups in total. The lowest BCUT2D eigenvalue weighted by Crippen LogP contribution is -2.37. The topological polar surface area (TPSA) is 70.2 Å². The second-order valence-electron chi connectivity index (χ2n) is 6.03. The molecule has 0 radical (unpaired) electrons. The Labute approximate surface area is 152 Å². The Morgan fingerprint density at radius 3 is 2.46 bits per heavy atom. The van der Waals surface area contributed by atoms with E-state index in [1.54, 1.807) is 6.07 Å². The number of anilines is 2. The van der Waals surface area contributed by atoms with Crippen LogP contribution in [0.4, 0.5) is 11.4 Å². The zero-order chi connectivity index (χ0) is 18.4. The quantitative estimate of drug-likeness (QED) is 0.490. The SMILES string of the molecule is Cc1cccc(NC(=O)C(=O)NCCNc2cccc3ccccc23)c1. The monoisotopic (exact) mass is 347 g/mol. The summed E-state index contributed by atoms with van der Waals surface area (Å²) in [6.07, 6.45) is 0. The average molecular weight is 347 g/mol. The van der Waals surface area contributed by atoms with E-state index in [9.17, 15) is 9.59 Å². The first-order chi connectivity index (χ1) is 12.6. The molecule has 5 nitrogen and oxygen atoms in total. The summed E-state index contributed by atoms with van der Waals surface area (Å²) in [6.45, 7) is 2.80. The van der Waals surface area contributed by atoms with Gasteiger partial charge in [-0.3, -0.25) is 9.59 Å². The second kappa shape index (κ2) is 8.16. The van der Waals surface area contributed by atoms with Gasteiger partial charge in [-0.2, -0.15) is 0 Å². The lowest BCUT2D eigenvalue weighted by atomic mass is 10.1. The maximum Gasteiger partial charge on any atom is 0.313 e. The number of amides is 2. The first kappa shape index (κ1) is 17.5. The fourth-order valence-electron chi connectivity index (χ4n) is 2.74. The van der Waals surface area contributed by atoms with Crippen LogP contribution < -0.4 is 16.0 Å². The molecule has 3 aromatic rings. The Hall–Kier alpha value is -3.34. The van der Waals surface area contributed by atoms with Gasteiger partial charge in [-0.1, -0.05) is 48.5 Å². The molecular formula is C21H21N3O2. The van der Waals surface area contributed by atoms with Gasteiger partial charge in [0.1, 0.15) is 0 Å². The summed E-state index contributed by atoms with van der Waals surface area (Å²) in [6, 6.07) is 21.4. The minimum absolute atomic E-state index is 0.350. The lowest BCUT2D eigenvalue weighted by Gasteiger charge is -2.11. The molecule has 0 aliphatic rings. The van der Waals surface area contributed by atoms with E-state index in [1.165, 1.54) is 0 Å². The summed E-state index contributed by atoms with van der Waals surface area (Å²) in [5, 5.41) is 10.8. The van der Waals surface area contributed by atoms with E-state index in [2.05, 4.69) is 28.1 Å². The van der Waals surface area contributed by atoms with Gasteiger partial charge < -0.3 is 16.0 Å². The van der Waals surface area contributed by atoms with Crippen LogP contribution >= 0.6 is 0 Å². The Morgan fingerprint density at radius 2 is 1.62 bits per heavy atom. The van der Waals surface area contributed by atoms with Gasteiger partial charge in [0.25, 0.3) is 0 Å². The highest BCUT2D eigenvalue weighted by molar-refractivity contribution is 6.39. The average Bonchev–Trinajstić information content (AvgIpc) is 2.65. The number of hydrogen-bond donors (Lipinski definition) is 3. The Balaban J connectivity index is 1.48. The molecule has 0 unspecified atom stereocenters. The van der Waals surface area contributed by atoms with Crippen molar-refractivity contribution in [1.29, 1.82) is 0 Å². The molecule has 0 aromatic heterocycles. The fraction of sp³-hybridized carbons (Fsp3) is 0.143. The molecular weight excluding hydrogens is 326 g/mol. The van der Waals surface area contributed by atoms with Crippen LogP contribution in [0.1, 0.15) is 5.56 Å². The summed E-state index contributed by atoms with van der Waals surface area (Å²) in [7, 11) is 0. The maximum absolute atomic E-state index is 11.9. The van der Waals surface area contributed by atoms with Crippen molar-refractivity contribution < 1.29 is 9.59 Å². The smallest absolute Gasteiger partial charge is 0.313 e. The van der Waals surface area contributed by atoms with Gasteiger partial charge in [-0.25, -0.2) is 0 Å². The molecule has 0 fully saturated rings. The van der Waals surface area contributed by atoms with E-state index in [4.69, 9.17) is 0 Å². The first-order valence-corrected chi connectivity index (χ1v) is 8.51. The van der Waals surface area contributed by atoms with E-state index >= 15 is 0 Å². The van der Waals surface area contributed by atoms with Crippen molar-refractivity contribution in [1.82, 2.24) is 5.32 Å². The van der Waals surface area contributed by atoms with Crippen molar-refractivity contribution in [2.45, 2.75) is 6.92 Å². The van der Waals surface area contributed by atoms with Gasteiger partial charge >= 0.3 is 11.8 Å². The number of hydrogen-bond acceptors (Lipinski definition) is 3. The molecule has 132 valence electrons. The molecule has 0 aliphatic carbocycles. The van der Waals surface area contributed by atoms with Crippen LogP contribution in [-0.4, -0.2) is 24.9 Å². The Kier molecular flexibility index (Phi) is 5.49. The third-order valence-electron chi connectivity index (χ3n) is 4.00. The Bertz CT molecular complexity index is 932. The zero-order valence-electron chi connectivity index (χ0n) is 14.6. The normalized spacial score (nSPS) is 10.3. The summed E-state index contributed by atoms with van der Waals surface area (Å²) in [5.41, 5.74) is 2.63. The molecule has 0 heterocycles. The van der Waals surface area contributed by atoms with E-state index in [1.807, 2.05) is 55.5 Å². The highest BCUT2D eigenvalue weighted by Crippen LogP contribution is 2.22. The third kappa shape index (κ3) is 4.39. The van der Waals surface area contributed by atoms with E-state index in [0.29, 0.717) is 18.8 Å². The summed E-state index contributed by atoms with van der Waals surface area (Å²) < 4.78 is 0. The number of benzene rings is 3. The standard InChI is InChI=1S/C21H21N3O2/c1-15-6-4-9-17(14-15)24-21(26)20(25)23-13-12-22-19-11-5-8-16-7-2-3-10-18(16)19/h2-11,14,22H,12-13H2,1H3,(H,23,25)(H,24,26). The fourth-order valence-corrected chi connectivity index (χ4v) is 2.74. The Morgan fingerprint density at radius 1 is 0.846 bits per heavy atom. The minimum atomic E-state index is -0.666. The highest BCUT2D eigenvalue weighted by Gasteiger charge is 2.12. The molecule has 5 heteroatoms. The van der Waals surface area contributed by atoms with Crippen LogP contribution in [0.2, 0.25) is 0 Å². The molecule has 3 rings (SSSR count). The van der Waals surface area contributed by atoms with E-state index in [0.717, 1.165) is 22.0 Å². The van der Waals surface area contributed by atoms with Gasteiger partial charge in [-0.15, -0.1) is 0 Å². The van der Waals surface area contributed by atoms with Gasteiger partial charge in [0, 0.05) is 29.9 Å². The minimum Gasteiger partial charge on any atom is -0.383 e. The van der Waals surface area contributed by atoms with Crippen LogP contribution in [-0.2, 0) is 9.59 Å². The molecule has 26 heavy (non-hydrogen) atoms. The van der Waals surface area contributed by atoms with Gasteiger partial charge in [0.15, 0.2) is 0 Å². The molecule has 0 aliphatic heterocycles. The second-order valence-corrected chi connectivity index (χ2v) is 6.03. The molecule has 0 saturated carbocycles. The summed E-state index contributed by atoms with van der Waals surface area (Å²) in [5.74, 6) is -1.31. The maximum atomic E-state index is 11.9. The van der Waals surface area contributed by atoms with Crippen molar-refractivity contribution in [3.05, 3.63) is 72.3 Å². The number of nitrogens with one attached hydrogen (secondary N) is 3. The first-order valence-electron chi connectivity index (χ1n) is 8.51. The molecule has 0 saturated heterocycles. The summed E-state index contributed by atoms with van der Waals surface area (Å²) in [4.78, 5) is 23.8. The van der Waals surface area contributed by atoms with Crippen LogP contribution in [0.3, 0.4) is 0 Å². The van der Waals surface area contributed by atoms with Gasteiger partial charge in [-0.05, 0) is 36.1 Å². The number of carbonyl (C=O) groups is 2. The molecule has 2 amide bonds. The van der Waals surface area contributed by atoms with Crippen LogP contribution in [0.25, 0.3) is 10.8 Å². The van der Waals surface area contributed by atoms with Crippen molar-refractivity contribution >= 4 is 34.0 Å². The van der Waals surface area contributed by atoms with Crippen molar-refractivity contribution in [2.24, 2.45) is 0 Å². The van der Waals surface area contributed by atoms with Gasteiger partial charge in [0.2, 0.25) is 0 Å². The highest BCUT2D eigenvalue weighted by atomic mass is 16.2. The van der Waals surface area contributed by atoms with Crippen molar-refractivity contribution in [2.75, 3.05) is 23.7 Å². The van der Waals surface area contributed by atoms with Crippen molar-refractivity contribution in [3.8, 4) is 0 Å². The summed E-state index contributed by atoms with van der Waals surface area (Å²) >= 11 is 0. The van der Waals surface area contributed by atoms with E-state index < -0.39 is 11.8 Å². The number of fused-ring (bicyclic) bond motifs is 1. The zero-order valence-corrected chi connectivity index (χ0v) is 14.6. The third-order valence-corrected chi connectivity index (χ3v) is 4.00.